The molecule has 2 aliphatic heterocycles. The number of aryl methyl sites for hydroxylation is 2. The number of piperidine rings is 1. The molecule has 0 aliphatic carbocycles. The Labute approximate surface area is 199 Å². The summed E-state index contributed by atoms with van der Waals surface area (Å²) in [4.78, 5) is 32.2. The van der Waals surface area contributed by atoms with E-state index in [1.807, 2.05) is 52.8 Å². The summed E-state index contributed by atoms with van der Waals surface area (Å²) in [7, 11) is 0. The number of ether oxygens (including phenoxy) is 1. The van der Waals surface area contributed by atoms with Crippen molar-refractivity contribution < 1.29 is 14.3 Å². The number of hydrogen-bond donors (Lipinski definition) is 1. The van der Waals surface area contributed by atoms with Crippen molar-refractivity contribution in [3.8, 4) is 0 Å². The van der Waals surface area contributed by atoms with E-state index in [2.05, 4.69) is 29.4 Å². The molecule has 5 rings (SSSR count). The lowest BCUT2D eigenvalue weighted by Gasteiger charge is -2.31. The molecule has 34 heavy (non-hydrogen) atoms. The Hall–Kier alpha value is -3.45. The second-order valence-electron chi connectivity index (χ2n) is 9.26. The second kappa shape index (κ2) is 9.43. The van der Waals surface area contributed by atoms with E-state index in [1.165, 1.54) is 5.56 Å². The van der Waals surface area contributed by atoms with Crippen LogP contribution in [-0.2, 0) is 22.7 Å². The Morgan fingerprint density at radius 2 is 1.79 bits per heavy atom. The molecule has 7 nitrogen and oxygen atoms in total. The zero-order chi connectivity index (χ0) is 23.7. The van der Waals surface area contributed by atoms with E-state index in [0.29, 0.717) is 44.8 Å². The second-order valence-corrected chi connectivity index (χ2v) is 9.26. The third-order valence-electron chi connectivity index (χ3n) is 7.03. The van der Waals surface area contributed by atoms with E-state index in [0.717, 1.165) is 22.5 Å². The van der Waals surface area contributed by atoms with Gasteiger partial charge in [-0.3, -0.25) is 9.59 Å². The van der Waals surface area contributed by atoms with Crippen LogP contribution in [0.5, 0.6) is 0 Å². The summed E-state index contributed by atoms with van der Waals surface area (Å²) >= 11 is 0. The summed E-state index contributed by atoms with van der Waals surface area (Å²) in [6.07, 6.45) is 2.98. The molecule has 0 bridgehead atoms. The number of likely N-dealkylation sites (tertiary alicyclic amines) is 1. The highest BCUT2D eigenvalue weighted by Crippen LogP contribution is 2.29. The first-order valence-electron chi connectivity index (χ1n) is 11.9. The van der Waals surface area contributed by atoms with Crippen molar-refractivity contribution in [2.45, 2.75) is 45.9 Å². The highest BCUT2D eigenvalue weighted by Gasteiger charge is 2.32. The van der Waals surface area contributed by atoms with Crippen molar-refractivity contribution in [3.05, 3.63) is 82.9 Å². The van der Waals surface area contributed by atoms with Gasteiger partial charge < -0.3 is 19.5 Å². The Morgan fingerprint density at radius 1 is 1.03 bits per heavy atom. The van der Waals surface area contributed by atoms with Crippen molar-refractivity contribution in [2.24, 2.45) is 5.92 Å². The van der Waals surface area contributed by atoms with Crippen molar-refractivity contribution in [2.75, 3.05) is 18.4 Å². The lowest BCUT2D eigenvalue weighted by atomic mass is 9.95. The van der Waals surface area contributed by atoms with Crippen molar-refractivity contribution >= 4 is 17.5 Å². The first-order valence-corrected chi connectivity index (χ1v) is 11.9. The number of fused-ring (bicyclic) bond motifs is 1. The molecular formula is C27H30N4O3. The lowest BCUT2D eigenvalue weighted by molar-refractivity contribution is -0.121. The van der Waals surface area contributed by atoms with Crippen LogP contribution >= 0.6 is 0 Å². The van der Waals surface area contributed by atoms with Crippen LogP contribution in [0.1, 0.15) is 51.8 Å². The van der Waals surface area contributed by atoms with Gasteiger partial charge in [0.05, 0.1) is 25.2 Å². The summed E-state index contributed by atoms with van der Waals surface area (Å²) in [5, 5.41) is 3.04. The van der Waals surface area contributed by atoms with Gasteiger partial charge in [0.2, 0.25) is 5.91 Å². The maximum atomic E-state index is 13.2. The van der Waals surface area contributed by atoms with Crippen molar-refractivity contribution in [1.82, 2.24) is 14.5 Å². The van der Waals surface area contributed by atoms with Crippen molar-refractivity contribution in [3.63, 3.8) is 0 Å². The van der Waals surface area contributed by atoms with Gasteiger partial charge in [-0.05, 0) is 55.5 Å². The largest absolute Gasteiger partial charge is 0.365 e. The molecule has 0 spiro atoms. The van der Waals surface area contributed by atoms with Crippen LogP contribution in [0.3, 0.4) is 0 Å². The topological polar surface area (TPSA) is 76.5 Å². The van der Waals surface area contributed by atoms with E-state index in [4.69, 9.17) is 4.74 Å². The monoisotopic (exact) mass is 458 g/mol. The van der Waals surface area contributed by atoms with Gasteiger partial charge in [0.15, 0.2) is 5.69 Å². The third-order valence-corrected chi connectivity index (χ3v) is 7.03. The molecule has 7 heteroatoms. The molecule has 1 aromatic heterocycles. The van der Waals surface area contributed by atoms with Gasteiger partial charge >= 0.3 is 0 Å². The SMILES string of the molecule is Cc1ccc(NC(=O)C2CCN(C(=O)c3ncn4c3CO[C@H](c3ccccc3)C4)CC2)cc1C. The number of amides is 2. The minimum absolute atomic E-state index is 0.0232. The molecule has 1 fully saturated rings. The average molecular weight is 459 g/mol. The number of carbonyl (C=O) groups excluding carboxylic acids is 2. The zero-order valence-electron chi connectivity index (χ0n) is 19.7. The fraction of sp³-hybridized carbons (Fsp3) is 0.370. The summed E-state index contributed by atoms with van der Waals surface area (Å²) in [5.74, 6) is -0.157. The molecule has 1 saturated heterocycles. The molecule has 1 N–H and O–H groups in total. The number of benzene rings is 2. The fourth-order valence-corrected chi connectivity index (χ4v) is 4.73. The van der Waals surface area contributed by atoms with Crippen LogP contribution in [0.15, 0.2) is 54.9 Å². The Balaban J connectivity index is 1.18. The highest BCUT2D eigenvalue weighted by molar-refractivity contribution is 5.95. The predicted molar refractivity (Wildman–Crippen MR) is 129 cm³/mol. The molecular weight excluding hydrogens is 428 g/mol. The number of imidazole rings is 1. The number of carbonyl (C=O) groups is 2. The van der Waals surface area contributed by atoms with Gasteiger partial charge in [-0.2, -0.15) is 0 Å². The number of nitrogens with one attached hydrogen (secondary N) is 1. The minimum Gasteiger partial charge on any atom is -0.365 e. The smallest absolute Gasteiger partial charge is 0.274 e. The zero-order valence-corrected chi connectivity index (χ0v) is 19.7. The van der Waals surface area contributed by atoms with E-state index < -0.39 is 0 Å². The number of nitrogens with zero attached hydrogens (tertiary/aromatic N) is 3. The standard InChI is InChI=1S/C27H30N4O3/c1-18-8-9-22(14-19(18)2)29-26(32)21-10-12-30(13-11-21)27(33)25-23-16-34-24(15-31(23)17-28-25)20-6-4-3-5-7-20/h3-9,14,17,21,24H,10-13,15-16H2,1-2H3,(H,29,32)/t24-/m0/s1. The lowest BCUT2D eigenvalue weighted by Crippen LogP contribution is -2.42. The van der Waals surface area contributed by atoms with Crippen LogP contribution in [0, 0.1) is 19.8 Å². The number of anilines is 1. The van der Waals surface area contributed by atoms with Gasteiger partial charge in [-0.1, -0.05) is 36.4 Å². The van der Waals surface area contributed by atoms with Crippen LogP contribution in [0.25, 0.3) is 0 Å². The van der Waals surface area contributed by atoms with Crippen molar-refractivity contribution in [1.29, 1.82) is 0 Å². The predicted octanol–water partition coefficient (Wildman–Crippen LogP) is 4.26. The van der Waals surface area contributed by atoms with Crippen LogP contribution in [0.4, 0.5) is 5.69 Å². The van der Waals surface area contributed by atoms with Crippen LogP contribution < -0.4 is 5.32 Å². The normalized spacial score (nSPS) is 18.4. The van der Waals surface area contributed by atoms with Gasteiger partial charge in [0, 0.05) is 24.7 Å². The fourth-order valence-electron chi connectivity index (χ4n) is 4.73. The molecule has 2 amide bonds. The van der Waals surface area contributed by atoms with E-state index in [-0.39, 0.29) is 23.8 Å². The Bertz CT molecular complexity index is 1200. The van der Waals surface area contributed by atoms with Gasteiger partial charge in [-0.15, -0.1) is 0 Å². The van der Waals surface area contributed by atoms with Gasteiger partial charge in [0.1, 0.15) is 6.10 Å². The van der Waals surface area contributed by atoms with Gasteiger partial charge in [-0.25, -0.2) is 4.98 Å². The summed E-state index contributed by atoms with van der Waals surface area (Å²) in [6.45, 7) is 6.18. The first-order chi connectivity index (χ1) is 16.5. The number of aromatic nitrogens is 2. The molecule has 0 radical (unpaired) electrons. The molecule has 0 saturated carbocycles. The molecule has 3 heterocycles. The maximum Gasteiger partial charge on any atom is 0.274 e. The molecule has 3 aromatic rings. The van der Waals surface area contributed by atoms with E-state index >= 15 is 0 Å². The summed E-state index contributed by atoms with van der Waals surface area (Å²) in [5.41, 5.74) is 5.59. The van der Waals surface area contributed by atoms with E-state index in [1.54, 1.807) is 6.33 Å². The summed E-state index contributed by atoms with van der Waals surface area (Å²) < 4.78 is 8.09. The molecule has 1 atom stereocenters. The van der Waals surface area contributed by atoms with Crippen LogP contribution in [0.2, 0.25) is 0 Å². The summed E-state index contributed by atoms with van der Waals surface area (Å²) in [6, 6.07) is 16.1. The average Bonchev–Trinajstić information content (AvgIpc) is 3.30. The first kappa shape index (κ1) is 22.3. The molecule has 176 valence electrons. The van der Waals surface area contributed by atoms with E-state index in [9.17, 15) is 9.59 Å². The number of rotatable bonds is 4. The maximum absolute atomic E-state index is 13.2. The van der Waals surface area contributed by atoms with Crippen LogP contribution in [-0.4, -0.2) is 39.4 Å². The van der Waals surface area contributed by atoms with Gasteiger partial charge in [0.25, 0.3) is 5.91 Å². The molecule has 2 aliphatic rings. The molecule has 2 aromatic carbocycles. The molecule has 0 unspecified atom stereocenters. The quantitative estimate of drug-likeness (QED) is 0.634. The Morgan fingerprint density at radius 3 is 2.53 bits per heavy atom. The minimum atomic E-state index is -0.100. The highest BCUT2D eigenvalue weighted by atomic mass is 16.5. The Kier molecular flexibility index (Phi) is 6.20. The third kappa shape index (κ3) is 4.48. The number of hydrogen-bond acceptors (Lipinski definition) is 4.